The number of carbonyl (C=O) groups is 2. The average Bonchev–Trinajstić information content (AvgIpc) is 2.60. The minimum atomic E-state index is -0.978. The third kappa shape index (κ3) is 4.10. The van der Waals surface area contributed by atoms with Gasteiger partial charge in [0.2, 0.25) is 5.91 Å². The number of carbonyl (C=O) groups excluding carboxylic acids is 2. The van der Waals surface area contributed by atoms with Crippen LogP contribution in [0.4, 0.5) is 0 Å². The van der Waals surface area contributed by atoms with Crippen molar-refractivity contribution in [1.29, 1.82) is 0 Å². The molecular weight excluding hydrogens is 292 g/mol. The Morgan fingerprint density at radius 1 is 1.00 bits per heavy atom. The first-order valence-corrected chi connectivity index (χ1v) is 8.28. The standard InChI is InChI=1S/C18H26N2O3/c1-4-15-5-7-16(8-6-15)13(2)17(22)19-9-11-20(12-10-19)18(23)14(3)21/h5-8,13-14,21H,4,9-12H2,1-3H3. The predicted octanol–water partition coefficient (Wildman–Crippen LogP) is 1.40. The highest BCUT2D eigenvalue weighted by Gasteiger charge is 2.28. The summed E-state index contributed by atoms with van der Waals surface area (Å²) >= 11 is 0. The smallest absolute Gasteiger partial charge is 0.251 e. The Bertz CT molecular complexity index is 546. The van der Waals surface area contributed by atoms with E-state index < -0.39 is 6.10 Å². The third-order valence-electron chi connectivity index (χ3n) is 4.52. The van der Waals surface area contributed by atoms with Crippen LogP contribution in [-0.4, -0.2) is 59.0 Å². The minimum absolute atomic E-state index is 0.0957. The number of amides is 2. The number of hydrogen-bond donors (Lipinski definition) is 1. The molecule has 23 heavy (non-hydrogen) atoms. The van der Waals surface area contributed by atoms with Crippen LogP contribution >= 0.6 is 0 Å². The average molecular weight is 318 g/mol. The predicted molar refractivity (Wildman–Crippen MR) is 89.1 cm³/mol. The first-order chi connectivity index (χ1) is 10.9. The molecule has 1 heterocycles. The van der Waals surface area contributed by atoms with Gasteiger partial charge in [-0.2, -0.15) is 0 Å². The number of rotatable bonds is 4. The molecule has 1 aromatic carbocycles. The summed E-state index contributed by atoms with van der Waals surface area (Å²) in [6.45, 7) is 7.52. The van der Waals surface area contributed by atoms with Crippen molar-refractivity contribution in [2.45, 2.75) is 39.2 Å². The van der Waals surface area contributed by atoms with Gasteiger partial charge >= 0.3 is 0 Å². The molecule has 126 valence electrons. The fourth-order valence-electron chi connectivity index (χ4n) is 2.87. The van der Waals surface area contributed by atoms with Crippen LogP contribution in [0.15, 0.2) is 24.3 Å². The summed E-state index contributed by atoms with van der Waals surface area (Å²) in [5.74, 6) is -0.349. The largest absolute Gasteiger partial charge is 0.384 e. The second-order valence-corrected chi connectivity index (χ2v) is 6.14. The lowest BCUT2D eigenvalue weighted by atomic mass is 9.97. The number of nitrogens with zero attached hydrogens (tertiary/aromatic N) is 2. The molecule has 2 amide bonds. The molecule has 1 saturated heterocycles. The van der Waals surface area contributed by atoms with Crippen LogP contribution in [-0.2, 0) is 16.0 Å². The topological polar surface area (TPSA) is 60.9 Å². The SMILES string of the molecule is CCc1ccc(C(C)C(=O)N2CCN(C(=O)C(C)O)CC2)cc1. The van der Waals surface area contributed by atoms with Gasteiger partial charge in [-0.1, -0.05) is 31.2 Å². The second-order valence-electron chi connectivity index (χ2n) is 6.14. The molecule has 0 radical (unpaired) electrons. The summed E-state index contributed by atoms with van der Waals surface area (Å²) in [6.07, 6.45) is 0.00950. The zero-order valence-corrected chi connectivity index (χ0v) is 14.2. The van der Waals surface area contributed by atoms with Gasteiger partial charge in [-0.15, -0.1) is 0 Å². The molecule has 1 fully saturated rings. The van der Waals surface area contributed by atoms with Gasteiger partial charge in [0, 0.05) is 26.2 Å². The zero-order valence-electron chi connectivity index (χ0n) is 14.2. The summed E-state index contributed by atoms with van der Waals surface area (Å²) in [4.78, 5) is 27.8. The summed E-state index contributed by atoms with van der Waals surface area (Å²) in [7, 11) is 0. The zero-order chi connectivity index (χ0) is 17.0. The monoisotopic (exact) mass is 318 g/mol. The summed E-state index contributed by atoms with van der Waals surface area (Å²) < 4.78 is 0. The maximum absolute atomic E-state index is 12.6. The molecule has 0 spiro atoms. The normalized spacial score (nSPS) is 17.7. The summed E-state index contributed by atoms with van der Waals surface area (Å²) in [6, 6.07) is 8.18. The summed E-state index contributed by atoms with van der Waals surface area (Å²) in [5.41, 5.74) is 2.29. The van der Waals surface area contributed by atoms with Crippen molar-refractivity contribution in [2.24, 2.45) is 0 Å². The van der Waals surface area contributed by atoms with Crippen molar-refractivity contribution in [2.75, 3.05) is 26.2 Å². The molecule has 0 bridgehead atoms. The van der Waals surface area contributed by atoms with Crippen molar-refractivity contribution in [3.63, 3.8) is 0 Å². The molecule has 1 aromatic rings. The van der Waals surface area contributed by atoms with E-state index in [-0.39, 0.29) is 17.7 Å². The number of benzene rings is 1. The van der Waals surface area contributed by atoms with E-state index in [2.05, 4.69) is 19.1 Å². The molecule has 2 atom stereocenters. The van der Waals surface area contributed by atoms with E-state index in [4.69, 9.17) is 0 Å². The number of aliphatic hydroxyl groups is 1. The van der Waals surface area contributed by atoms with E-state index in [1.165, 1.54) is 12.5 Å². The molecule has 2 unspecified atom stereocenters. The lowest BCUT2D eigenvalue weighted by Gasteiger charge is -2.36. The van der Waals surface area contributed by atoms with Crippen molar-refractivity contribution in [1.82, 2.24) is 9.80 Å². The van der Waals surface area contributed by atoms with Gasteiger partial charge in [0.15, 0.2) is 0 Å². The van der Waals surface area contributed by atoms with Crippen LogP contribution in [0.1, 0.15) is 37.8 Å². The van der Waals surface area contributed by atoms with E-state index >= 15 is 0 Å². The molecule has 1 aliphatic rings. The van der Waals surface area contributed by atoms with Crippen molar-refractivity contribution >= 4 is 11.8 Å². The summed E-state index contributed by atoms with van der Waals surface area (Å²) in [5, 5.41) is 9.36. The molecule has 0 aliphatic carbocycles. The van der Waals surface area contributed by atoms with Crippen molar-refractivity contribution in [3.8, 4) is 0 Å². The number of hydrogen-bond acceptors (Lipinski definition) is 3. The van der Waals surface area contributed by atoms with Gasteiger partial charge in [-0.25, -0.2) is 0 Å². The first-order valence-electron chi connectivity index (χ1n) is 8.28. The molecule has 1 N–H and O–H groups in total. The second kappa shape index (κ2) is 7.59. The van der Waals surface area contributed by atoms with Gasteiger partial charge in [0.05, 0.1) is 5.92 Å². The Kier molecular flexibility index (Phi) is 5.77. The van der Waals surface area contributed by atoms with Crippen molar-refractivity contribution < 1.29 is 14.7 Å². The van der Waals surface area contributed by atoms with Gasteiger partial charge in [0.1, 0.15) is 6.10 Å². The Balaban J connectivity index is 1.94. The Hall–Kier alpha value is -1.88. The van der Waals surface area contributed by atoms with Gasteiger partial charge in [-0.05, 0) is 31.4 Å². The highest BCUT2D eigenvalue weighted by Crippen LogP contribution is 2.20. The van der Waals surface area contributed by atoms with E-state index in [0.29, 0.717) is 26.2 Å². The molecule has 2 rings (SSSR count). The number of piperazine rings is 1. The Morgan fingerprint density at radius 3 is 1.91 bits per heavy atom. The Morgan fingerprint density at radius 2 is 1.48 bits per heavy atom. The van der Waals surface area contributed by atoms with E-state index in [9.17, 15) is 14.7 Å². The third-order valence-corrected chi connectivity index (χ3v) is 4.52. The molecule has 5 heteroatoms. The lowest BCUT2D eigenvalue weighted by Crippen LogP contribution is -2.53. The van der Waals surface area contributed by atoms with Gasteiger partial charge in [0.25, 0.3) is 5.91 Å². The van der Waals surface area contributed by atoms with E-state index in [1.54, 1.807) is 4.90 Å². The maximum Gasteiger partial charge on any atom is 0.251 e. The van der Waals surface area contributed by atoms with Crippen LogP contribution in [0.25, 0.3) is 0 Å². The Labute approximate surface area is 137 Å². The van der Waals surface area contributed by atoms with Crippen LogP contribution < -0.4 is 0 Å². The quantitative estimate of drug-likeness (QED) is 0.913. The van der Waals surface area contributed by atoms with Gasteiger partial charge < -0.3 is 14.9 Å². The fraction of sp³-hybridized carbons (Fsp3) is 0.556. The highest BCUT2D eigenvalue weighted by atomic mass is 16.3. The number of aryl methyl sites for hydroxylation is 1. The van der Waals surface area contributed by atoms with Crippen LogP contribution in [0.2, 0.25) is 0 Å². The van der Waals surface area contributed by atoms with Crippen LogP contribution in [0.3, 0.4) is 0 Å². The number of aliphatic hydroxyl groups excluding tert-OH is 1. The van der Waals surface area contributed by atoms with Crippen LogP contribution in [0, 0.1) is 0 Å². The van der Waals surface area contributed by atoms with E-state index in [0.717, 1.165) is 12.0 Å². The van der Waals surface area contributed by atoms with Gasteiger partial charge in [-0.3, -0.25) is 9.59 Å². The maximum atomic E-state index is 12.6. The molecule has 5 nitrogen and oxygen atoms in total. The van der Waals surface area contributed by atoms with Crippen molar-refractivity contribution in [3.05, 3.63) is 35.4 Å². The molecular formula is C18H26N2O3. The highest BCUT2D eigenvalue weighted by molar-refractivity contribution is 5.84. The minimum Gasteiger partial charge on any atom is -0.384 e. The molecule has 1 aliphatic heterocycles. The van der Waals surface area contributed by atoms with Crippen LogP contribution in [0.5, 0.6) is 0 Å². The van der Waals surface area contributed by atoms with E-state index in [1.807, 2.05) is 24.0 Å². The first kappa shape index (κ1) is 17.5. The lowest BCUT2D eigenvalue weighted by molar-refractivity contribution is -0.145. The fourth-order valence-corrected chi connectivity index (χ4v) is 2.87. The molecule has 0 aromatic heterocycles. The molecule has 0 saturated carbocycles.